The second-order valence-corrected chi connectivity index (χ2v) is 4.11. The van der Waals surface area contributed by atoms with E-state index in [2.05, 4.69) is 20.1 Å². The molecule has 0 amide bonds. The molecule has 0 N–H and O–H groups in total. The smallest absolute Gasteiger partial charge is 0.254 e. The lowest BCUT2D eigenvalue weighted by Gasteiger charge is -2.04. The molecule has 20 heavy (non-hydrogen) atoms. The van der Waals surface area contributed by atoms with Crippen molar-refractivity contribution >= 4 is 5.78 Å². The normalized spacial score (nSPS) is 10.4. The monoisotopic (exact) mass is 266 g/mol. The van der Waals surface area contributed by atoms with Crippen molar-refractivity contribution < 1.29 is 4.74 Å². The Morgan fingerprint density at radius 1 is 1.20 bits per heavy atom. The minimum atomic E-state index is 0.292. The molecule has 0 bridgehead atoms. The summed E-state index contributed by atoms with van der Waals surface area (Å²) in [6, 6.07) is 7.21. The fourth-order valence-corrected chi connectivity index (χ4v) is 1.81. The molecule has 0 spiro atoms. The first-order valence-electron chi connectivity index (χ1n) is 5.87. The van der Waals surface area contributed by atoms with Gasteiger partial charge in [0.25, 0.3) is 5.78 Å². The van der Waals surface area contributed by atoms with Gasteiger partial charge in [0, 0.05) is 11.9 Å². The van der Waals surface area contributed by atoms with Gasteiger partial charge >= 0.3 is 0 Å². The average Bonchev–Trinajstić information content (AvgIpc) is 2.89. The predicted molar refractivity (Wildman–Crippen MR) is 70.0 cm³/mol. The Balaban J connectivity index is 2.20. The minimum Gasteiger partial charge on any atom is -0.494 e. The number of hydrogen-bond acceptors (Lipinski definition) is 6. The highest BCUT2D eigenvalue weighted by Gasteiger charge is 2.14. The van der Waals surface area contributed by atoms with E-state index in [4.69, 9.17) is 10.00 Å². The van der Waals surface area contributed by atoms with Gasteiger partial charge < -0.3 is 4.74 Å². The molecule has 3 aromatic rings. The van der Waals surface area contributed by atoms with E-state index >= 15 is 0 Å². The Morgan fingerprint density at radius 2 is 2.05 bits per heavy atom. The number of aromatic nitrogens is 5. The van der Waals surface area contributed by atoms with Gasteiger partial charge in [-0.2, -0.15) is 10.2 Å². The zero-order chi connectivity index (χ0) is 14.1. The molecule has 3 aromatic heterocycles. The molecule has 0 aliphatic heterocycles. The van der Waals surface area contributed by atoms with Crippen LogP contribution in [0.15, 0.2) is 24.4 Å². The van der Waals surface area contributed by atoms with Crippen molar-refractivity contribution in [1.29, 1.82) is 5.26 Å². The van der Waals surface area contributed by atoms with E-state index in [-0.39, 0.29) is 0 Å². The van der Waals surface area contributed by atoms with E-state index in [1.165, 1.54) is 4.52 Å². The van der Waals surface area contributed by atoms with Gasteiger partial charge in [0.05, 0.1) is 7.11 Å². The lowest BCUT2D eigenvalue weighted by molar-refractivity contribution is 0.414. The van der Waals surface area contributed by atoms with Gasteiger partial charge in [0.1, 0.15) is 17.5 Å². The maximum Gasteiger partial charge on any atom is 0.254 e. The Bertz CT molecular complexity index is 832. The highest BCUT2D eigenvalue weighted by Crippen LogP contribution is 2.25. The van der Waals surface area contributed by atoms with Crippen molar-refractivity contribution in [2.45, 2.75) is 6.92 Å². The number of rotatable bonds is 2. The van der Waals surface area contributed by atoms with Crippen LogP contribution in [0, 0.1) is 18.3 Å². The Hall–Kier alpha value is -3.01. The maximum atomic E-state index is 8.84. The first-order valence-corrected chi connectivity index (χ1v) is 5.87. The lowest BCUT2D eigenvalue weighted by atomic mass is 10.3. The number of nitriles is 1. The molecule has 0 atom stereocenters. The molecule has 0 radical (unpaired) electrons. The van der Waals surface area contributed by atoms with Crippen LogP contribution in [-0.2, 0) is 0 Å². The van der Waals surface area contributed by atoms with Crippen LogP contribution < -0.4 is 4.74 Å². The molecule has 0 aromatic carbocycles. The van der Waals surface area contributed by atoms with Gasteiger partial charge in [-0.25, -0.2) is 14.5 Å². The van der Waals surface area contributed by atoms with E-state index in [0.29, 0.717) is 28.7 Å². The van der Waals surface area contributed by atoms with Crippen molar-refractivity contribution in [3.8, 4) is 23.3 Å². The number of fused-ring (bicyclic) bond motifs is 1. The first-order chi connectivity index (χ1) is 9.71. The third-order valence-corrected chi connectivity index (χ3v) is 2.75. The third kappa shape index (κ3) is 1.93. The summed E-state index contributed by atoms with van der Waals surface area (Å²) in [5.41, 5.74) is 1.68. The molecule has 0 aliphatic rings. The summed E-state index contributed by atoms with van der Waals surface area (Å²) in [4.78, 5) is 12.8. The molecular weight excluding hydrogens is 256 g/mol. The van der Waals surface area contributed by atoms with Crippen LogP contribution >= 0.6 is 0 Å². The van der Waals surface area contributed by atoms with Crippen LogP contribution in [0.4, 0.5) is 0 Å². The van der Waals surface area contributed by atoms with Gasteiger partial charge in [0.2, 0.25) is 5.82 Å². The number of nitrogens with zero attached hydrogens (tertiary/aromatic N) is 6. The summed E-state index contributed by atoms with van der Waals surface area (Å²) in [6.07, 6.45) is 1.64. The van der Waals surface area contributed by atoms with Crippen molar-refractivity contribution in [1.82, 2.24) is 24.6 Å². The average molecular weight is 266 g/mol. The molecule has 0 unspecified atom stereocenters. The molecule has 3 heterocycles. The Kier molecular flexibility index (Phi) is 2.76. The van der Waals surface area contributed by atoms with Crippen LogP contribution in [-0.4, -0.2) is 31.7 Å². The van der Waals surface area contributed by atoms with E-state index in [1.54, 1.807) is 19.4 Å². The molecule has 7 nitrogen and oxygen atoms in total. The van der Waals surface area contributed by atoms with Crippen molar-refractivity contribution in [2.24, 2.45) is 0 Å². The molecule has 0 saturated heterocycles. The van der Waals surface area contributed by atoms with E-state index in [0.717, 1.165) is 5.69 Å². The summed E-state index contributed by atoms with van der Waals surface area (Å²) in [5, 5.41) is 13.1. The SMILES string of the molecule is COc1ccc(C)nc1-c1nc2nc(C#N)ccn2n1. The second-order valence-electron chi connectivity index (χ2n) is 4.11. The van der Waals surface area contributed by atoms with E-state index in [1.807, 2.05) is 25.1 Å². The summed E-state index contributed by atoms with van der Waals surface area (Å²) < 4.78 is 6.77. The summed E-state index contributed by atoms with van der Waals surface area (Å²) in [6.45, 7) is 1.88. The maximum absolute atomic E-state index is 8.84. The van der Waals surface area contributed by atoms with Crippen molar-refractivity contribution in [2.75, 3.05) is 7.11 Å². The molecule has 0 saturated carbocycles. The largest absolute Gasteiger partial charge is 0.494 e. The van der Waals surface area contributed by atoms with Gasteiger partial charge in [-0.3, -0.25) is 0 Å². The van der Waals surface area contributed by atoms with Crippen LogP contribution in [0.5, 0.6) is 5.75 Å². The first kappa shape index (κ1) is 12.0. The third-order valence-electron chi connectivity index (χ3n) is 2.75. The highest BCUT2D eigenvalue weighted by molar-refractivity contribution is 5.60. The summed E-state index contributed by atoms with van der Waals surface area (Å²) in [5.74, 6) is 1.35. The van der Waals surface area contributed by atoms with E-state index in [9.17, 15) is 0 Å². The Morgan fingerprint density at radius 3 is 2.80 bits per heavy atom. The molecule has 98 valence electrons. The molecule has 3 rings (SSSR count). The summed E-state index contributed by atoms with van der Waals surface area (Å²) >= 11 is 0. The molecule has 0 fully saturated rings. The van der Waals surface area contributed by atoms with Crippen LogP contribution in [0.25, 0.3) is 17.3 Å². The van der Waals surface area contributed by atoms with Gasteiger partial charge in [-0.15, -0.1) is 5.10 Å². The Labute approximate surface area is 114 Å². The zero-order valence-corrected chi connectivity index (χ0v) is 10.9. The van der Waals surface area contributed by atoms with Crippen molar-refractivity contribution in [3.63, 3.8) is 0 Å². The van der Waals surface area contributed by atoms with Crippen LogP contribution in [0.1, 0.15) is 11.4 Å². The van der Waals surface area contributed by atoms with Gasteiger partial charge in [0.15, 0.2) is 5.69 Å². The standard InChI is InChI=1S/C13H10N6O/c1-8-3-4-10(20-2)11(15-8)12-17-13-16-9(7-14)5-6-19(13)18-12/h3-6H,1-2H3. The molecule has 0 aliphatic carbocycles. The number of methoxy groups -OCH3 is 1. The van der Waals surface area contributed by atoms with Crippen LogP contribution in [0.2, 0.25) is 0 Å². The van der Waals surface area contributed by atoms with Crippen molar-refractivity contribution in [3.05, 3.63) is 35.8 Å². The fraction of sp³-hybridized carbons (Fsp3) is 0.154. The zero-order valence-electron chi connectivity index (χ0n) is 10.9. The number of aryl methyl sites for hydroxylation is 1. The number of ether oxygens (including phenoxy) is 1. The second kappa shape index (κ2) is 4.59. The van der Waals surface area contributed by atoms with Gasteiger partial charge in [-0.1, -0.05) is 0 Å². The topological polar surface area (TPSA) is 89.0 Å². The number of pyridine rings is 1. The predicted octanol–water partition coefficient (Wildman–Crippen LogP) is 1.37. The number of hydrogen-bond donors (Lipinski definition) is 0. The van der Waals surface area contributed by atoms with E-state index < -0.39 is 0 Å². The summed E-state index contributed by atoms with van der Waals surface area (Å²) in [7, 11) is 1.57. The molecule has 7 heteroatoms. The van der Waals surface area contributed by atoms with Crippen LogP contribution in [0.3, 0.4) is 0 Å². The quantitative estimate of drug-likeness (QED) is 0.696. The minimum absolute atomic E-state index is 0.292. The van der Waals surface area contributed by atoms with Gasteiger partial charge in [-0.05, 0) is 25.1 Å². The fourth-order valence-electron chi connectivity index (χ4n) is 1.81. The molecular formula is C13H10N6O. The lowest BCUT2D eigenvalue weighted by Crippen LogP contribution is -1.95. The highest BCUT2D eigenvalue weighted by atomic mass is 16.5.